The average Bonchev–Trinajstić information content (AvgIpc) is 2.80. The second-order valence-corrected chi connectivity index (χ2v) is 6.01. The maximum absolute atomic E-state index is 12.7. The molecule has 1 aliphatic carbocycles. The summed E-state index contributed by atoms with van der Waals surface area (Å²) >= 11 is 0. The molecule has 1 heteroatoms. The Morgan fingerprint density at radius 3 is 1.90 bits per heavy atom. The first-order valence-electron chi connectivity index (χ1n) is 7.92. The molecule has 0 spiro atoms. The van der Waals surface area contributed by atoms with Gasteiger partial charge in [0.15, 0.2) is 0 Å². The van der Waals surface area contributed by atoms with E-state index in [0.717, 1.165) is 12.8 Å². The van der Waals surface area contributed by atoms with Crippen LogP contribution in [0.25, 0.3) is 11.1 Å². The van der Waals surface area contributed by atoms with Crippen molar-refractivity contribution in [2.24, 2.45) is 0 Å². The minimum atomic E-state index is -0.428. The Balaban J connectivity index is 2.20. The van der Waals surface area contributed by atoms with Crippen LogP contribution in [0.3, 0.4) is 0 Å². The number of carbonyl (C=O) groups excluding carboxylic acids is 1. The number of Topliss-reactive ketones (excluding diaryl/α,β-unsaturated/α-hetero) is 1. The van der Waals surface area contributed by atoms with Crippen molar-refractivity contribution >= 4 is 5.78 Å². The summed E-state index contributed by atoms with van der Waals surface area (Å²) in [5.74, 6) is 0.274. The van der Waals surface area contributed by atoms with Gasteiger partial charge in [0, 0.05) is 0 Å². The van der Waals surface area contributed by atoms with Gasteiger partial charge in [0.2, 0.25) is 0 Å². The molecule has 0 unspecified atom stereocenters. The molecule has 1 nitrogen and oxygen atoms in total. The average molecular weight is 278 g/mol. The van der Waals surface area contributed by atoms with E-state index in [9.17, 15) is 4.79 Å². The number of ketones is 1. The Morgan fingerprint density at radius 2 is 1.43 bits per heavy atom. The molecule has 2 aromatic carbocycles. The smallest absolute Gasteiger partial charge is 0.144 e. The van der Waals surface area contributed by atoms with Crippen LogP contribution in [0.15, 0.2) is 48.5 Å². The highest BCUT2D eigenvalue weighted by Crippen LogP contribution is 2.51. The molecule has 1 aliphatic rings. The van der Waals surface area contributed by atoms with E-state index in [1.54, 1.807) is 6.92 Å². The lowest BCUT2D eigenvalue weighted by atomic mass is 9.71. The van der Waals surface area contributed by atoms with Crippen molar-refractivity contribution in [2.75, 3.05) is 0 Å². The number of hydrogen-bond donors (Lipinski definition) is 0. The lowest BCUT2D eigenvalue weighted by Gasteiger charge is -2.29. The topological polar surface area (TPSA) is 17.1 Å². The van der Waals surface area contributed by atoms with Crippen LogP contribution >= 0.6 is 0 Å². The number of carbonyl (C=O) groups is 1. The lowest BCUT2D eigenvalue weighted by molar-refractivity contribution is -0.121. The maximum Gasteiger partial charge on any atom is 0.144 e. The van der Waals surface area contributed by atoms with E-state index in [4.69, 9.17) is 0 Å². The lowest BCUT2D eigenvalue weighted by Crippen LogP contribution is -2.33. The zero-order valence-electron chi connectivity index (χ0n) is 12.9. The van der Waals surface area contributed by atoms with Gasteiger partial charge >= 0.3 is 0 Å². The van der Waals surface area contributed by atoms with Gasteiger partial charge in [-0.2, -0.15) is 0 Å². The quantitative estimate of drug-likeness (QED) is 0.693. The first kappa shape index (κ1) is 14.1. The molecule has 0 fully saturated rings. The molecule has 0 saturated heterocycles. The van der Waals surface area contributed by atoms with Crippen LogP contribution in [0.5, 0.6) is 0 Å². The van der Waals surface area contributed by atoms with E-state index in [2.05, 4.69) is 55.5 Å². The maximum atomic E-state index is 12.7. The summed E-state index contributed by atoms with van der Waals surface area (Å²) in [4.78, 5) is 12.7. The third-order valence-electron chi connectivity index (χ3n) is 4.82. The van der Waals surface area contributed by atoms with Gasteiger partial charge in [0.1, 0.15) is 5.78 Å². The third kappa shape index (κ3) is 2.03. The number of rotatable bonds is 5. The summed E-state index contributed by atoms with van der Waals surface area (Å²) in [6.07, 6.45) is 4.37. The third-order valence-corrected chi connectivity index (χ3v) is 4.82. The van der Waals surface area contributed by atoms with Crippen LogP contribution < -0.4 is 0 Å². The summed E-state index contributed by atoms with van der Waals surface area (Å²) in [5, 5.41) is 0. The van der Waals surface area contributed by atoms with Crippen molar-refractivity contribution in [3.63, 3.8) is 0 Å². The minimum absolute atomic E-state index is 0.274. The van der Waals surface area contributed by atoms with Gasteiger partial charge in [-0.25, -0.2) is 0 Å². The highest BCUT2D eigenvalue weighted by atomic mass is 16.1. The highest BCUT2D eigenvalue weighted by Gasteiger charge is 2.45. The van der Waals surface area contributed by atoms with Gasteiger partial charge in [-0.15, -0.1) is 0 Å². The molecular formula is C20H22O. The first-order chi connectivity index (χ1) is 10.2. The van der Waals surface area contributed by atoms with Gasteiger partial charge in [0.25, 0.3) is 0 Å². The fraction of sp³-hybridized carbons (Fsp3) is 0.350. The molecule has 0 bridgehead atoms. The Hall–Kier alpha value is -1.89. The molecule has 0 N–H and O–H groups in total. The van der Waals surface area contributed by atoms with E-state index in [-0.39, 0.29) is 5.78 Å². The Morgan fingerprint density at radius 1 is 0.905 bits per heavy atom. The number of fused-ring (bicyclic) bond motifs is 3. The van der Waals surface area contributed by atoms with E-state index < -0.39 is 5.41 Å². The predicted octanol–water partition coefficient (Wildman–Crippen LogP) is 5.12. The summed E-state index contributed by atoms with van der Waals surface area (Å²) in [5.41, 5.74) is 4.45. The highest BCUT2D eigenvalue weighted by molar-refractivity contribution is 6.00. The first-order valence-corrected chi connectivity index (χ1v) is 7.92. The Bertz CT molecular complexity index is 624. The number of unbranched alkanes of at least 4 members (excludes halogenated alkanes) is 2. The molecule has 0 saturated carbocycles. The predicted molar refractivity (Wildman–Crippen MR) is 87.5 cm³/mol. The van der Waals surface area contributed by atoms with Crippen LogP contribution in [-0.4, -0.2) is 5.78 Å². The second kappa shape index (κ2) is 5.48. The number of hydrogen-bond acceptors (Lipinski definition) is 1. The fourth-order valence-electron chi connectivity index (χ4n) is 3.79. The Kier molecular flexibility index (Phi) is 3.67. The van der Waals surface area contributed by atoms with Gasteiger partial charge in [-0.1, -0.05) is 74.7 Å². The summed E-state index contributed by atoms with van der Waals surface area (Å²) < 4.78 is 0. The van der Waals surface area contributed by atoms with Crippen LogP contribution in [0.4, 0.5) is 0 Å². The Labute approximate surface area is 127 Å². The van der Waals surface area contributed by atoms with Crippen LogP contribution in [-0.2, 0) is 10.2 Å². The molecule has 0 aromatic heterocycles. The summed E-state index contributed by atoms with van der Waals surface area (Å²) in [7, 11) is 0. The van der Waals surface area contributed by atoms with E-state index in [1.807, 2.05) is 0 Å². The molecule has 0 radical (unpaired) electrons. The zero-order valence-corrected chi connectivity index (χ0v) is 12.9. The fourth-order valence-corrected chi connectivity index (χ4v) is 3.79. The zero-order chi connectivity index (χ0) is 14.9. The molecule has 0 atom stereocenters. The monoisotopic (exact) mass is 278 g/mol. The molecule has 108 valence electrons. The summed E-state index contributed by atoms with van der Waals surface area (Å²) in [6.45, 7) is 3.96. The van der Waals surface area contributed by atoms with Crippen molar-refractivity contribution in [3.8, 4) is 11.1 Å². The van der Waals surface area contributed by atoms with E-state index in [0.29, 0.717) is 0 Å². The van der Waals surface area contributed by atoms with Gasteiger partial charge < -0.3 is 0 Å². The molecular weight excluding hydrogens is 256 g/mol. The summed E-state index contributed by atoms with van der Waals surface area (Å²) in [6, 6.07) is 16.8. The standard InChI is InChI=1S/C20H22O/c1-3-4-9-14-20(15(2)21)18-12-7-5-10-16(18)17-11-6-8-13-19(17)20/h5-8,10-13H,3-4,9,14H2,1-2H3. The van der Waals surface area contributed by atoms with E-state index in [1.165, 1.54) is 35.1 Å². The van der Waals surface area contributed by atoms with Crippen molar-refractivity contribution in [2.45, 2.75) is 44.9 Å². The van der Waals surface area contributed by atoms with Crippen LogP contribution in [0, 0.1) is 0 Å². The van der Waals surface area contributed by atoms with Crippen molar-refractivity contribution < 1.29 is 4.79 Å². The van der Waals surface area contributed by atoms with Crippen molar-refractivity contribution in [1.82, 2.24) is 0 Å². The van der Waals surface area contributed by atoms with Gasteiger partial charge in [-0.3, -0.25) is 4.79 Å². The minimum Gasteiger partial charge on any atom is -0.299 e. The molecule has 2 aromatic rings. The van der Waals surface area contributed by atoms with Gasteiger partial charge in [-0.05, 0) is 35.6 Å². The SMILES string of the molecule is CCCCCC1(C(C)=O)c2ccccc2-c2ccccc21. The van der Waals surface area contributed by atoms with Crippen LogP contribution in [0.1, 0.15) is 50.7 Å². The van der Waals surface area contributed by atoms with Gasteiger partial charge in [0.05, 0.1) is 5.41 Å². The normalized spacial score (nSPS) is 14.6. The largest absolute Gasteiger partial charge is 0.299 e. The van der Waals surface area contributed by atoms with E-state index >= 15 is 0 Å². The number of benzene rings is 2. The van der Waals surface area contributed by atoms with Crippen LogP contribution in [0.2, 0.25) is 0 Å². The van der Waals surface area contributed by atoms with Crippen molar-refractivity contribution in [1.29, 1.82) is 0 Å². The molecule has 21 heavy (non-hydrogen) atoms. The molecule has 0 amide bonds. The molecule has 0 heterocycles. The molecule has 0 aliphatic heterocycles. The van der Waals surface area contributed by atoms with Crippen molar-refractivity contribution in [3.05, 3.63) is 59.7 Å². The second-order valence-electron chi connectivity index (χ2n) is 6.01. The molecule has 3 rings (SSSR count).